The number of rotatable bonds is 2. The second kappa shape index (κ2) is 4.93. The van der Waals surface area contributed by atoms with Crippen LogP contribution in [-0.2, 0) is 0 Å². The van der Waals surface area contributed by atoms with Crippen molar-refractivity contribution in [2.45, 2.75) is 25.7 Å². The van der Waals surface area contributed by atoms with Gasteiger partial charge in [0.05, 0.1) is 0 Å². The van der Waals surface area contributed by atoms with Crippen molar-refractivity contribution in [3.05, 3.63) is 35.5 Å². The number of likely N-dealkylation sites (tertiary alicyclic amines) is 1. The first-order chi connectivity index (χ1) is 9.19. The Balaban J connectivity index is 1.91. The fraction of sp³-hybridized carbons (Fsp3) is 0.467. The number of H-pyrrole nitrogens is 1. The zero-order chi connectivity index (χ0) is 13.4. The summed E-state index contributed by atoms with van der Waals surface area (Å²) in [5, 5.41) is 0.828. The van der Waals surface area contributed by atoms with Crippen molar-refractivity contribution in [2.75, 3.05) is 19.6 Å². The van der Waals surface area contributed by atoms with Crippen molar-refractivity contribution >= 4 is 10.9 Å². The fourth-order valence-corrected chi connectivity index (χ4v) is 3.04. The zero-order valence-corrected chi connectivity index (χ0v) is 11.0. The van der Waals surface area contributed by atoms with Gasteiger partial charge in [-0.25, -0.2) is 8.78 Å². The number of aromatic amines is 1. The van der Waals surface area contributed by atoms with Crippen molar-refractivity contribution in [3.8, 4) is 0 Å². The highest BCUT2D eigenvalue weighted by Gasteiger charge is 2.22. The van der Waals surface area contributed by atoms with Crippen LogP contribution in [0.2, 0.25) is 0 Å². The number of aromatic nitrogens is 1. The molecule has 0 amide bonds. The number of fused-ring (bicyclic) bond motifs is 1. The lowest BCUT2D eigenvalue weighted by molar-refractivity contribution is 0.223. The van der Waals surface area contributed by atoms with E-state index in [1.165, 1.54) is 12.1 Å². The summed E-state index contributed by atoms with van der Waals surface area (Å²) in [6, 6.07) is 2.57. The molecule has 1 aromatic carbocycles. The van der Waals surface area contributed by atoms with E-state index in [9.17, 15) is 8.78 Å². The van der Waals surface area contributed by atoms with Gasteiger partial charge in [-0.15, -0.1) is 0 Å². The van der Waals surface area contributed by atoms with Crippen LogP contribution >= 0.6 is 0 Å². The number of nitrogens with one attached hydrogen (secondary N) is 1. The van der Waals surface area contributed by atoms with Gasteiger partial charge in [-0.1, -0.05) is 6.92 Å². The predicted octanol–water partition coefficient (Wildman–Crippen LogP) is 3.65. The zero-order valence-electron chi connectivity index (χ0n) is 11.0. The van der Waals surface area contributed by atoms with Crippen molar-refractivity contribution < 1.29 is 8.78 Å². The Hall–Kier alpha value is -1.42. The van der Waals surface area contributed by atoms with Crippen LogP contribution in [0.5, 0.6) is 0 Å². The highest BCUT2D eigenvalue weighted by Crippen LogP contribution is 2.33. The molecule has 2 nitrogen and oxygen atoms in total. The van der Waals surface area contributed by atoms with E-state index >= 15 is 0 Å². The maximum atomic E-state index is 13.4. The minimum atomic E-state index is -0.790. The Morgan fingerprint density at radius 3 is 2.58 bits per heavy atom. The molecule has 0 saturated carbocycles. The molecular weight excluding hydrogens is 246 g/mol. The number of nitrogens with zero attached hydrogens (tertiary/aromatic N) is 1. The maximum absolute atomic E-state index is 13.4. The summed E-state index contributed by atoms with van der Waals surface area (Å²) in [6.07, 6.45) is 4.08. The molecule has 102 valence electrons. The van der Waals surface area contributed by atoms with Gasteiger partial charge in [0.25, 0.3) is 0 Å². The molecule has 0 spiro atoms. The standard InChI is InChI=1S/C15H18F2N2/c1-2-19-5-3-10(4-6-19)12-9-18-15-8-14(17)13(16)7-11(12)15/h7-10,18H,2-6H2,1H3. The molecule has 1 fully saturated rings. The van der Waals surface area contributed by atoms with Gasteiger partial charge in [0.1, 0.15) is 0 Å². The molecule has 1 N–H and O–H groups in total. The van der Waals surface area contributed by atoms with Gasteiger partial charge in [0.2, 0.25) is 0 Å². The maximum Gasteiger partial charge on any atom is 0.160 e. The Morgan fingerprint density at radius 1 is 1.21 bits per heavy atom. The summed E-state index contributed by atoms with van der Waals surface area (Å²) in [5.41, 5.74) is 1.82. The lowest BCUT2D eigenvalue weighted by atomic mass is 9.89. The molecule has 0 atom stereocenters. The normalized spacial score (nSPS) is 18.3. The Kier molecular flexibility index (Phi) is 3.27. The van der Waals surface area contributed by atoms with Crippen LogP contribution in [-0.4, -0.2) is 29.5 Å². The van der Waals surface area contributed by atoms with Crippen LogP contribution in [0.4, 0.5) is 8.78 Å². The number of hydrogen-bond donors (Lipinski definition) is 1. The lowest BCUT2D eigenvalue weighted by Crippen LogP contribution is -2.32. The number of piperidine rings is 1. The van der Waals surface area contributed by atoms with Crippen LogP contribution in [0.25, 0.3) is 10.9 Å². The molecule has 2 aromatic rings. The number of benzene rings is 1. The van der Waals surface area contributed by atoms with Gasteiger partial charge >= 0.3 is 0 Å². The van der Waals surface area contributed by atoms with Crippen molar-refractivity contribution in [2.24, 2.45) is 0 Å². The first-order valence-electron chi connectivity index (χ1n) is 6.87. The van der Waals surface area contributed by atoms with E-state index in [4.69, 9.17) is 0 Å². The average Bonchev–Trinajstić information content (AvgIpc) is 2.82. The Labute approximate surface area is 111 Å². The van der Waals surface area contributed by atoms with Gasteiger partial charge in [-0.3, -0.25) is 0 Å². The van der Waals surface area contributed by atoms with E-state index in [2.05, 4.69) is 16.8 Å². The third kappa shape index (κ3) is 2.25. The van der Waals surface area contributed by atoms with E-state index in [1.807, 2.05) is 6.20 Å². The molecule has 1 saturated heterocycles. The average molecular weight is 264 g/mol. The van der Waals surface area contributed by atoms with Crippen LogP contribution < -0.4 is 0 Å². The summed E-state index contributed by atoms with van der Waals surface area (Å²) < 4.78 is 26.6. The van der Waals surface area contributed by atoms with Gasteiger partial charge in [-0.05, 0) is 50.0 Å². The summed E-state index contributed by atoms with van der Waals surface area (Å²) in [7, 11) is 0. The lowest BCUT2D eigenvalue weighted by Gasteiger charge is -2.30. The Bertz CT molecular complexity index is 583. The first kappa shape index (κ1) is 12.6. The smallest absolute Gasteiger partial charge is 0.160 e. The molecule has 4 heteroatoms. The van der Waals surface area contributed by atoms with E-state index in [0.717, 1.165) is 43.4 Å². The van der Waals surface area contributed by atoms with E-state index in [1.54, 1.807) is 0 Å². The minimum Gasteiger partial charge on any atom is -0.361 e. The largest absolute Gasteiger partial charge is 0.361 e. The molecule has 2 heterocycles. The highest BCUT2D eigenvalue weighted by molar-refractivity contribution is 5.84. The second-order valence-electron chi connectivity index (χ2n) is 5.26. The van der Waals surface area contributed by atoms with E-state index < -0.39 is 11.6 Å². The van der Waals surface area contributed by atoms with Crippen LogP contribution in [0.1, 0.15) is 31.2 Å². The molecule has 19 heavy (non-hydrogen) atoms. The van der Waals surface area contributed by atoms with Crippen LogP contribution in [0.3, 0.4) is 0 Å². The second-order valence-corrected chi connectivity index (χ2v) is 5.26. The fourth-order valence-electron chi connectivity index (χ4n) is 3.04. The quantitative estimate of drug-likeness (QED) is 0.877. The minimum absolute atomic E-state index is 0.446. The molecule has 1 aliphatic heterocycles. The molecule has 1 aliphatic rings. The molecule has 1 aromatic heterocycles. The summed E-state index contributed by atoms with van der Waals surface area (Å²) in [5.74, 6) is -1.11. The molecule has 0 unspecified atom stereocenters. The van der Waals surface area contributed by atoms with Gasteiger partial charge < -0.3 is 9.88 Å². The number of halogens is 2. The van der Waals surface area contributed by atoms with Crippen molar-refractivity contribution in [1.29, 1.82) is 0 Å². The SMILES string of the molecule is CCN1CCC(c2c[nH]c3cc(F)c(F)cc23)CC1. The van der Waals surface area contributed by atoms with Gasteiger partial charge in [0, 0.05) is 23.2 Å². The van der Waals surface area contributed by atoms with E-state index in [0.29, 0.717) is 11.4 Å². The van der Waals surface area contributed by atoms with Gasteiger partial charge in [-0.2, -0.15) is 0 Å². The summed E-state index contributed by atoms with van der Waals surface area (Å²) in [6.45, 7) is 5.42. The summed E-state index contributed by atoms with van der Waals surface area (Å²) in [4.78, 5) is 5.48. The third-order valence-electron chi connectivity index (χ3n) is 4.23. The van der Waals surface area contributed by atoms with Crippen LogP contribution in [0, 0.1) is 11.6 Å². The van der Waals surface area contributed by atoms with Gasteiger partial charge in [0.15, 0.2) is 11.6 Å². The molecule has 3 rings (SSSR count). The number of hydrogen-bond acceptors (Lipinski definition) is 1. The molecule has 0 bridgehead atoms. The monoisotopic (exact) mass is 264 g/mol. The molecule has 0 aliphatic carbocycles. The molecule has 0 radical (unpaired) electrons. The predicted molar refractivity (Wildman–Crippen MR) is 72.3 cm³/mol. The van der Waals surface area contributed by atoms with Crippen molar-refractivity contribution in [3.63, 3.8) is 0 Å². The van der Waals surface area contributed by atoms with Crippen LogP contribution in [0.15, 0.2) is 18.3 Å². The topological polar surface area (TPSA) is 19.0 Å². The summed E-state index contributed by atoms with van der Waals surface area (Å²) >= 11 is 0. The van der Waals surface area contributed by atoms with Crippen molar-refractivity contribution in [1.82, 2.24) is 9.88 Å². The molecular formula is C15H18F2N2. The third-order valence-corrected chi connectivity index (χ3v) is 4.23. The van der Waals surface area contributed by atoms with E-state index in [-0.39, 0.29) is 0 Å². The first-order valence-corrected chi connectivity index (χ1v) is 6.87. The Morgan fingerprint density at radius 2 is 1.89 bits per heavy atom. The highest BCUT2D eigenvalue weighted by atomic mass is 19.2.